The second kappa shape index (κ2) is 4.44. The number of nitrogens with zero attached hydrogens (tertiary/aromatic N) is 1. The zero-order valence-corrected chi connectivity index (χ0v) is 10.3. The number of carboxylic acid groups (broad SMARTS) is 1. The Morgan fingerprint density at radius 2 is 2.29 bits per heavy atom. The van der Waals surface area contributed by atoms with Gasteiger partial charge < -0.3 is 10.4 Å². The molecular weight excluding hydrogens is 240 g/mol. The van der Waals surface area contributed by atoms with Crippen LogP contribution in [0.5, 0.6) is 0 Å². The van der Waals surface area contributed by atoms with E-state index in [9.17, 15) is 9.59 Å². The lowest BCUT2D eigenvalue weighted by Crippen LogP contribution is -2.54. The van der Waals surface area contributed by atoms with Crippen LogP contribution in [0.4, 0.5) is 0 Å². The van der Waals surface area contributed by atoms with Crippen molar-refractivity contribution in [3.63, 3.8) is 0 Å². The number of hydrogen-bond donors (Lipinski definition) is 2. The van der Waals surface area contributed by atoms with Gasteiger partial charge in [-0.15, -0.1) is 11.3 Å². The summed E-state index contributed by atoms with van der Waals surface area (Å²) in [4.78, 5) is 27.2. The number of aromatic nitrogens is 1. The number of carboxylic acids is 1. The highest BCUT2D eigenvalue weighted by molar-refractivity contribution is 7.13. The van der Waals surface area contributed by atoms with Gasteiger partial charge in [0.2, 0.25) is 0 Å². The molecule has 5 nitrogen and oxygen atoms in total. The molecule has 0 aromatic carbocycles. The van der Waals surface area contributed by atoms with Gasteiger partial charge in [0, 0.05) is 0 Å². The molecule has 2 N–H and O–H groups in total. The molecule has 17 heavy (non-hydrogen) atoms. The highest BCUT2D eigenvalue weighted by Gasteiger charge is 2.40. The summed E-state index contributed by atoms with van der Waals surface area (Å²) in [7, 11) is 0. The number of aliphatic carboxylic acids is 1. The van der Waals surface area contributed by atoms with Gasteiger partial charge in [-0.2, -0.15) is 0 Å². The van der Waals surface area contributed by atoms with E-state index in [1.54, 1.807) is 0 Å². The molecule has 2 rings (SSSR count). The fraction of sp³-hybridized carbons (Fsp3) is 0.545. The van der Waals surface area contributed by atoms with Crippen LogP contribution in [0.15, 0.2) is 6.20 Å². The number of nitrogens with one attached hydrogen (secondary N) is 1. The number of hydrogen-bond acceptors (Lipinski definition) is 4. The topological polar surface area (TPSA) is 79.3 Å². The minimum absolute atomic E-state index is 0.00345. The van der Waals surface area contributed by atoms with Crippen LogP contribution >= 0.6 is 11.3 Å². The largest absolute Gasteiger partial charge is 0.481 e. The molecule has 0 saturated heterocycles. The Kier molecular flexibility index (Phi) is 3.15. The zero-order valence-electron chi connectivity index (χ0n) is 9.52. The van der Waals surface area contributed by atoms with E-state index in [0.29, 0.717) is 4.88 Å². The predicted octanol–water partition coefficient (Wildman–Crippen LogP) is 1.58. The van der Waals surface area contributed by atoms with E-state index in [1.165, 1.54) is 17.5 Å². The molecule has 1 aromatic rings. The Morgan fingerprint density at radius 3 is 2.71 bits per heavy atom. The minimum atomic E-state index is -0.870. The average molecular weight is 254 g/mol. The van der Waals surface area contributed by atoms with Crippen LogP contribution in [0, 0.1) is 6.92 Å². The fourth-order valence-electron chi connectivity index (χ4n) is 2.01. The smallest absolute Gasteiger partial charge is 0.305 e. The lowest BCUT2D eigenvalue weighted by molar-refractivity contribution is -0.139. The maximum absolute atomic E-state index is 11.9. The number of rotatable bonds is 4. The molecule has 0 aliphatic heterocycles. The van der Waals surface area contributed by atoms with Crippen LogP contribution in [0.25, 0.3) is 0 Å². The van der Waals surface area contributed by atoms with E-state index in [0.717, 1.165) is 24.3 Å². The quantitative estimate of drug-likeness (QED) is 0.855. The number of aryl methyl sites for hydroxylation is 1. The Balaban J connectivity index is 2.04. The van der Waals surface area contributed by atoms with Gasteiger partial charge >= 0.3 is 5.97 Å². The van der Waals surface area contributed by atoms with Crippen LogP contribution in [0.3, 0.4) is 0 Å². The Hall–Kier alpha value is -1.43. The van der Waals surface area contributed by atoms with Crippen molar-refractivity contribution in [2.24, 2.45) is 0 Å². The van der Waals surface area contributed by atoms with Crippen LogP contribution in [-0.4, -0.2) is 27.5 Å². The highest BCUT2D eigenvalue weighted by Crippen LogP contribution is 2.35. The number of carbonyl (C=O) groups excluding carboxylic acids is 1. The molecule has 6 heteroatoms. The van der Waals surface area contributed by atoms with Crippen LogP contribution in [0.1, 0.15) is 40.4 Å². The van der Waals surface area contributed by atoms with Gasteiger partial charge in [-0.3, -0.25) is 9.59 Å². The lowest BCUT2D eigenvalue weighted by Gasteiger charge is -2.41. The zero-order chi connectivity index (χ0) is 12.5. The third kappa shape index (κ3) is 2.63. The van der Waals surface area contributed by atoms with Gasteiger partial charge in [-0.25, -0.2) is 4.98 Å². The summed E-state index contributed by atoms with van der Waals surface area (Å²) in [5.41, 5.74) is -0.541. The van der Waals surface area contributed by atoms with Crippen LogP contribution in [0.2, 0.25) is 0 Å². The van der Waals surface area contributed by atoms with E-state index in [1.807, 2.05) is 6.92 Å². The van der Waals surface area contributed by atoms with E-state index in [4.69, 9.17) is 5.11 Å². The first-order valence-corrected chi connectivity index (χ1v) is 6.29. The summed E-state index contributed by atoms with van der Waals surface area (Å²) < 4.78 is 0. The van der Waals surface area contributed by atoms with Crippen molar-refractivity contribution in [3.8, 4) is 0 Å². The van der Waals surface area contributed by atoms with E-state index < -0.39 is 11.5 Å². The third-order valence-electron chi connectivity index (χ3n) is 3.02. The summed E-state index contributed by atoms with van der Waals surface area (Å²) >= 11 is 1.32. The molecule has 0 bridgehead atoms. The number of carbonyl (C=O) groups is 2. The van der Waals surface area contributed by atoms with Gasteiger partial charge in [0.1, 0.15) is 4.88 Å². The first kappa shape index (κ1) is 12.0. The second-order valence-electron chi connectivity index (χ2n) is 4.40. The molecule has 0 spiro atoms. The molecule has 1 fully saturated rings. The van der Waals surface area contributed by atoms with Crippen molar-refractivity contribution in [1.29, 1.82) is 0 Å². The van der Waals surface area contributed by atoms with E-state index >= 15 is 0 Å². The van der Waals surface area contributed by atoms with Crippen molar-refractivity contribution in [2.75, 3.05) is 0 Å². The summed E-state index contributed by atoms with van der Waals surface area (Å²) in [5.74, 6) is -1.08. The molecule has 0 unspecified atom stereocenters. The summed E-state index contributed by atoms with van der Waals surface area (Å²) in [5, 5.41) is 12.5. The maximum Gasteiger partial charge on any atom is 0.305 e. The van der Waals surface area contributed by atoms with Gasteiger partial charge in [-0.05, 0) is 26.2 Å². The Morgan fingerprint density at radius 1 is 1.59 bits per heavy atom. The molecule has 1 aromatic heterocycles. The lowest BCUT2D eigenvalue weighted by atomic mass is 9.74. The van der Waals surface area contributed by atoms with Gasteiger partial charge in [0.25, 0.3) is 5.91 Å². The van der Waals surface area contributed by atoms with Gasteiger partial charge in [0.05, 0.1) is 23.2 Å². The maximum atomic E-state index is 11.9. The molecule has 1 aliphatic rings. The SMILES string of the molecule is Cc1ncc(C(=O)NC2(CC(=O)O)CCC2)s1. The molecule has 0 atom stereocenters. The summed E-state index contributed by atoms with van der Waals surface area (Å²) in [6, 6.07) is 0. The second-order valence-corrected chi connectivity index (χ2v) is 5.64. The number of amides is 1. The highest BCUT2D eigenvalue weighted by atomic mass is 32.1. The van der Waals surface area contributed by atoms with Gasteiger partial charge in [-0.1, -0.05) is 0 Å². The normalized spacial score (nSPS) is 17.2. The standard InChI is InChI=1S/C11H14N2O3S/c1-7-12-6-8(17-7)10(16)13-11(3-2-4-11)5-9(14)15/h6H,2-5H2,1H3,(H,13,16)(H,14,15). The molecule has 0 radical (unpaired) electrons. The molecular formula is C11H14N2O3S. The van der Waals surface area contributed by atoms with Gasteiger partial charge in [0.15, 0.2) is 0 Å². The molecule has 92 valence electrons. The minimum Gasteiger partial charge on any atom is -0.481 e. The molecule has 1 saturated carbocycles. The first-order chi connectivity index (χ1) is 8.01. The monoisotopic (exact) mass is 254 g/mol. The fourth-order valence-corrected chi connectivity index (χ4v) is 2.68. The van der Waals surface area contributed by atoms with Crippen molar-refractivity contribution >= 4 is 23.2 Å². The van der Waals surface area contributed by atoms with E-state index in [-0.39, 0.29) is 12.3 Å². The number of thiazole rings is 1. The molecule has 1 amide bonds. The van der Waals surface area contributed by atoms with Crippen LogP contribution in [-0.2, 0) is 4.79 Å². The predicted molar refractivity (Wildman–Crippen MR) is 63.2 cm³/mol. The van der Waals surface area contributed by atoms with Crippen LogP contribution < -0.4 is 5.32 Å². The van der Waals surface area contributed by atoms with E-state index in [2.05, 4.69) is 10.3 Å². The van der Waals surface area contributed by atoms with Crippen molar-refractivity contribution < 1.29 is 14.7 Å². The molecule has 1 aliphatic carbocycles. The van der Waals surface area contributed by atoms with Crippen molar-refractivity contribution in [2.45, 2.75) is 38.1 Å². The Labute approximate surface area is 103 Å². The Bertz CT molecular complexity index is 451. The van der Waals surface area contributed by atoms with Crippen molar-refractivity contribution in [3.05, 3.63) is 16.1 Å². The van der Waals surface area contributed by atoms with Crippen molar-refractivity contribution in [1.82, 2.24) is 10.3 Å². The first-order valence-electron chi connectivity index (χ1n) is 5.47. The third-order valence-corrected chi connectivity index (χ3v) is 3.94. The summed E-state index contributed by atoms with van der Waals surface area (Å²) in [6.07, 6.45) is 3.97. The average Bonchev–Trinajstić information content (AvgIpc) is 2.60. The molecule has 1 heterocycles. The summed E-state index contributed by atoms with van der Waals surface area (Å²) in [6.45, 7) is 1.83.